The lowest BCUT2D eigenvalue weighted by Crippen LogP contribution is -1.99. The Kier molecular flexibility index (Phi) is 3.73. The Labute approximate surface area is 131 Å². The minimum absolute atomic E-state index is 0.353. The molecule has 104 valence electrons. The Morgan fingerprint density at radius 2 is 1.71 bits per heavy atom. The Morgan fingerprint density at radius 1 is 0.952 bits per heavy atom. The largest absolute Gasteiger partial charge is 0.384 e. The topological polar surface area (TPSA) is 64.7 Å². The highest BCUT2D eigenvalue weighted by atomic mass is 35.5. The number of halogens is 2. The summed E-state index contributed by atoms with van der Waals surface area (Å²) in [5.41, 5.74) is 7.97. The van der Waals surface area contributed by atoms with Gasteiger partial charge in [0.1, 0.15) is 11.5 Å². The molecule has 0 unspecified atom stereocenters. The average Bonchev–Trinajstić information content (AvgIpc) is 2.47. The van der Waals surface area contributed by atoms with E-state index in [-0.39, 0.29) is 0 Å². The van der Waals surface area contributed by atoms with E-state index in [0.717, 1.165) is 5.56 Å². The van der Waals surface area contributed by atoms with Crippen molar-refractivity contribution in [3.63, 3.8) is 0 Å². The van der Waals surface area contributed by atoms with Gasteiger partial charge in [-0.05, 0) is 6.07 Å². The summed E-state index contributed by atoms with van der Waals surface area (Å²) in [6.07, 6.45) is 1.50. The van der Waals surface area contributed by atoms with Crippen molar-refractivity contribution in [2.75, 3.05) is 5.73 Å². The highest BCUT2D eigenvalue weighted by Crippen LogP contribution is 2.28. The van der Waals surface area contributed by atoms with Gasteiger partial charge in [0.25, 0.3) is 0 Å². The van der Waals surface area contributed by atoms with E-state index in [4.69, 9.17) is 28.9 Å². The summed E-state index contributed by atoms with van der Waals surface area (Å²) in [7, 11) is 0. The summed E-state index contributed by atoms with van der Waals surface area (Å²) in [6.45, 7) is 0. The molecule has 4 nitrogen and oxygen atoms in total. The predicted molar refractivity (Wildman–Crippen MR) is 85.1 cm³/mol. The van der Waals surface area contributed by atoms with Crippen LogP contribution in [0.25, 0.3) is 22.8 Å². The first-order valence-corrected chi connectivity index (χ1v) is 6.90. The summed E-state index contributed by atoms with van der Waals surface area (Å²) >= 11 is 12.0. The highest BCUT2D eigenvalue weighted by molar-refractivity contribution is 6.35. The summed E-state index contributed by atoms with van der Waals surface area (Å²) in [6, 6.07) is 13.0. The van der Waals surface area contributed by atoms with Crippen molar-refractivity contribution in [3.8, 4) is 22.8 Å². The van der Waals surface area contributed by atoms with E-state index in [0.29, 0.717) is 33.1 Å². The fourth-order valence-corrected chi connectivity index (χ4v) is 2.37. The molecule has 2 heterocycles. The van der Waals surface area contributed by atoms with Crippen molar-refractivity contribution in [2.24, 2.45) is 0 Å². The SMILES string of the molecule is Nc1cc(-c2ccccc2)nc(-c2ncc(Cl)cc2Cl)n1. The number of nitrogen functional groups attached to an aromatic ring is 1. The molecular formula is C15H10Cl2N4. The quantitative estimate of drug-likeness (QED) is 0.773. The molecule has 0 saturated carbocycles. The van der Waals surface area contributed by atoms with Crippen LogP contribution in [-0.2, 0) is 0 Å². The number of hydrogen-bond acceptors (Lipinski definition) is 4. The molecule has 0 amide bonds. The molecule has 0 atom stereocenters. The van der Waals surface area contributed by atoms with E-state index in [1.807, 2.05) is 30.3 Å². The first-order valence-electron chi connectivity index (χ1n) is 6.15. The van der Waals surface area contributed by atoms with Gasteiger partial charge in [-0.25, -0.2) is 15.0 Å². The van der Waals surface area contributed by atoms with Crippen LogP contribution in [-0.4, -0.2) is 15.0 Å². The van der Waals surface area contributed by atoms with Crippen LogP contribution in [0.2, 0.25) is 10.0 Å². The van der Waals surface area contributed by atoms with Crippen LogP contribution in [0.15, 0.2) is 48.7 Å². The van der Waals surface area contributed by atoms with Crippen LogP contribution in [0.4, 0.5) is 5.82 Å². The molecule has 2 aromatic heterocycles. The number of nitrogens with two attached hydrogens (primary N) is 1. The second-order valence-electron chi connectivity index (χ2n) is 4.35. The van der Waals surface area contributed by atoms with E-state index in [1.165, 1.54) is 6.20 Å². The zero-order chi connectivity index (χ0) is 14.8. The lowest BCUT2D eigenvalue weighted by atomic mass is 10.1. The Bertz CT molecular complexity index is 791. The van der Waals surface area contributed by atoms with Crippen molar-refractivity contribution in [1.82, 2.24) is 15.0 Å². The molecule has 3 aromatic rings. The van der Waals surface area contributed by atoms with Crippen LogP contribution in [0, 0.1) is 0 Å². The van der Waals surface area contributed by atoms with Gasteiger partial charge in [-0.2, -0.15) is 0 Å². The van der Waals surface area contributed by atoms with E-state index in [1.54, 1.807) is 12.1 Å². The van der Waals surface area contributed by atoms with Crippen molar-refractivity contribution < 1.29 is 0 Å². The molecule has 21 heavy (non-hydrogen) atoms. The zero-order valence-corrected chi connectivity index (χ0v) is 12.3. The number of benzene rings is 1. The second kappa shape index (κ2) is 5.68. The van der Waals surface area contributed by atoms with Crippen LogP contribution in [0.1, 0.15) is 0 Å². The maximum atomic E-state index is 6.15. The van der Waals surface area contributed by atoms with E-state index >= 15 is 0 Å². The summed E-state index contributed by atoms with van der Waals surface area (Å²) < 4.78 is 0. The Hall–Kier alpha value is -2.17. The molecule has 0 radical (unpaired) electrons. The van der Waals surface area contributed by atoms with Gasteiger partial charge in [0, 0.05) is 17.8 Å². The molecule has 2 N–H and O–H groups in total. The number of aromatic nitrogens is 3. The lowest BCUT2D eigenvalue weighted by Gasteiger charge is -2.07. The van der Waals surface area contributed by atoms with Gasteiger partial charge < -0.3 is 5.73 Å². The third-order valence-corrected chi connectivity index (χ3v) is 3.33. The van der Waals surface area contributed by atoms with Crippen LogP contribution in [0.5, 0.6) is 0 Å². The zero-order valence-electron chi connectivity index (χ0n) is 10.8. The molecule has 3 rings (SSSR count). The summed E-state index contributed by atoms with van der Waals surface area (Å²) in [5, 5.41) is 0.836. The Morgan fingerprint density at radius 3 is 2.43 bits per heavy atom. The van der Waals surface area contributed by atoms with Gasteiger partial charge in [0.05, 0.1) is 15.7 Å². The predicted octanol–water partition coefficient (Wildman–Crippen LogP) is 4.09. The van der Waals surface area contributed by atoms with E-state index < -0.39 is 0 Å². The second-order valence-corrected chi connectivity index (χ2v) is 5.20. The normalized spacial score (nSPS) is 10.6. The van der Waals surface area contributed by atoms with Crippen molar-refractivity contribution in [3.05, 3.63) is 58.7 Å². The van der Waals surface area contributed by atoms with Crippen molar-refractivity contribution >= 4 is 29.0 Å². The smallest absolute Gasteiger partial charge is 0.182 e. The van der Waals surface area contributed by atoms with Gasteiger partial charge in [-0.3, -0.25) is 0 Å². The molecule has 0 aliphatic rings. The minimum atomic E-state index is 0.353. The fourth-order valence-electron chi connectivity index (χ4n) is 1.91. The third kappa shape index (κ3) is 2.96. The molecule has 0 aliphatic heterocycles. The lowest BCUT2D eigenvalue weighted by molar-refractivity contribution is 1.15. The van der Waals surface area contributed by atoms with E-state index in [2.05, 4.69) is 15.0 Å². The van der Waals surface area contributed by atoms with Gasteiger partial charge >= 0.3 is 0 Å². The average molecular weight is 317 g/mol. The van der Waals surface area contributed by atoms with Crippen LogP contribution in [0.3, 0.4) is 0 Å². The summed E-state index contributed by atoms with van der Waals surface area (Å²) in [4.78, 5) is 12.9. The summed E-state index contributed by atoms with van der Waals surface area (Å²) in [5.74, 6) is 0.724. The number of nitrogens with zero attached hydrogens (tertiary/aromatic N) is 3. The van der Waals surface area contributed by atoms with Crippen LogP contribution >= 0.6 is 23.2 Å². The standard InChI is InChI=1S/C15H10Cl2N4/c16-10-6-11(17)14(19-8-10)15-20-12(7-13(18)21-15)9-4-2-1-3-5-9/h1-8H,(H2,18,20,21). The Balaban J connectivity index is 2.14. The molecule has 0 spiro atoms. The monoisotopic (exact) mass is 316 g/mol. The minimum Gasteiger partial charge on any atom is -0.384 e. The van der Waals surface area contributed by atoms with Crippen LogP contribution < -0.4 is 5.73 Å². The highest BCUT2D eigenvalue weighted by Gasteiger charge is 2.12. The molecule has 0 aliphatic carbocycles. The first kappa shape index (κ1) is 13.8. The first-order chi connectivity index (χ1) is 10.1. The molecule has 1 aromatic carbocycles. The third-order valence-electron chi connectivity index (χ3n) is 2.84. The fraction of sp³-hybridized carbons (Fsp3) is 0. The van der Waals surface area contributed by atoms with Gasteiger partial charge in [-0.1, -0.05) is 53.5 Å². The molecular weight excluding hydrogens is 307 g/mol. The number of rotatable bonds is 2. The molecule has 0 bridgehead atoms. The number of hydrogen-bond donors (Lipinski definition) is 1. The van der Waals surface area contributed by atoms with E-state index in [9.17, 15) is 0 Å². The molecule has 0 fully saturated rings. The van der Waals surface area contributed by atoms with Gasteiger partial charge in [0.15, 0.2) is 5.82 Å². The number of pyridine rings is 1. The van der Waals surface area contributed by atoms with Crippen molar-refractivity contribution in [1.29, 1.82) is 0 Å². The van der Waals surface area contributed by atoms with Crippen molar-refractivity contribution in [2.45, 2.75) is 0 Å². The molecule has 0 saturated heterocycles. The maximum Gasteiger partial charge on any atom is 0.182 e. The molecule has 6 heteroatoms. The van der Waals surface area contributed by atoms with Gasteiger partial charge in [0.2, 0.25) is 0 Å². The maximum absolute atomic E-state index is 6.15. The number of anilines is 1. The van der Waals surface area contributed by atoms with Gasteiger partial charge in [-0.15, -0.1) is 0 Å².